The first-order chi connectivity index (χ1) is 11.1. The fourth-order valence-electron chi connectivity index (χ4n) is 2.16. The Labute approximate surface area is 135 Å². The Morgan fingerprint density at radius 2 is 2.30 bits per heavy atom. The van der Waals surface area contributed by atoms with E-state index in [2.05, 4.69) is 20.8 Å². The maximum atomic E-state index is 13.7. The van der Waals surface area contributed by atoms with E-state index in [1.165, 1.54) is 17.8 Å². The average molecular weight is 335 g/mol. The number of fused-ring (bicyclic) bond motifs is 1. The third kappa shape index (κ3) is 3.04. The minimum Gasteiger partial charge on any atom is -0.448 e. The maximum Gasteiger partial charge on any atom is 0.287 e. The van der Waals surface area contributed by atoms with Gasteiger partial charge in [0.15, 0.2) is 17.2 Å². The van der Waals surface area contributed by atoms with Gasteiger partial charge in [0.2, 0.25) is 5.16 Å². The second-order valence-corrected chi connectivity index (χ2v) is 5.92. The number of carbonyl (C=O) groups excluding carboxylic acids is 1. The number of tetrazole rings is 1. The summed E-state index contributed by atoms with van der Waals surface area (Å²) in [4.78, 5) is 12.2. The molecule has 0 aliphatic carbocycles. The topological polar surface area (TPSA) is 85.8 Å². The zero-order valence-electron chi connectivity index (χ0n) is 12.5. The minimum atomic E-state index is -0.477. The van der Waals surface area contributed by atoms with Gasteiger partial charge in [-0.3, -0.25) is 4.79 Å². The number of furan rings is 1. The lowest BCUT2D eigenvalue weighted by atomic mass is 10.1. The summed E-state index contributed by atoms with van der Waals surface area (Å²) >= 11 is 1.42. The average Bonchev–Trinajstić information content (AvgIpc) is 3.09. The van der Waals surface area contributed by atoms with E-state index in [0.29, 0.717) is 28.4 Å². The van der Waals surface area contributed by atoms with Gasteiger partial charge in [0.1, 0.15) is 0 Å². The van der Waals surface area contributed by atoms with Crippen molar-refractivity contribution >= 4 is 28.6 Å². The first kappa shape index (κ1) is 15.5. The molecule has 0 saturated carbocycles. The summed E-state index contributed by atoms with van der Waals surface area (Å²) in [5, 5.41) is 15.1. The molecule has 0 atom stereocenters. The van der Waals surface area contributed by atoms with Crippen molar-refractivity contribution in [2.45, 2.75) is 12.1 Å². The van der Waals surface area contributed by atoms with Crippen LogP contribution in [0.4, 0.5) is 4.39 Å². The fourth-order valence-corrected chi connectivity index (χ4v) is 2.86. The Hall–Kier alpha value is -2.42. The van der Waals surface area contributed by atoms with Gasteiger partial charge in [-0.2, -0.15) is 0 Å². The van der Waals surface area contributed by atoms with Crippen molar-refractivity contribution in [1.29, 1.82) is 0 Å². The Morgan fingerprint density at radius 3 is 3.00 bits per heavy atom. The molecule has 3 rings (SSSR count). The number of hydrogen-bond acceptors (Lipinski definition) is 6. The molecule has 0 bridgehead atoms. The summed E-state index contributed by atoms with van der Waals surface area (Å²) in [6, 6.07) is 4.62. The molecule has 0 fully saturated rings. The predicted octanol–water partition coefficient (Wildman–Crippen LogP) is 1.93. The monoisotopic (exact) mass is 335 g/mol. The molecule has 23 heavy (non-hydrogen) atoms. The molecule has 120 valence electrons. The number of aryl methyl sites for hydroxylation is 2. The van der Waals surface area contributed by atoms with Crippen LogP contribution in [0.2, 0.25) is 0 Å². The highest BCUT2D eigenvalue weighted by Gasteiger charge is 2.19. The van der Waals surface area contributed by atoms with Crippen LogP contribution in [0.15, 0.2) is 27.8 Å². The van der Waals surface area contributed by atoms with Crippen molar-refractivity contribution in [2.24, 2.45) is 7.05 Å². The number of benzene rings is 1. The van der Waals surface area contributed by atoms with Crippen LogP contribution in [-0.2, 0) is 7.05 Å². The number of aromatic nitrogens is 4. The summed E-state index contributed by atoms with van der Waals surface area (Å²) in [5.74, 6) is -0.103. The summed E-state index contributed by atoms with van der Waals surface area (Å²) in [7, 11) is 1.74. The molecule has 0 radical (unpaired) electrons. The number of amides is 1. The summed E-state index contributed by atoms with van der Waals surface area (Å²) in [6.07, 6.45) is 0. The van der Waals surface area contributed by atoms with Crippen molar-refractivity contribution in [1.82, 2.24) is 25.5 Å². The molecule has 3 aromatic rings. The van der Waals surface area contributed by atoms with E-state index in [4.69, 9.17) is 4.42 Å². The Kier molecular flexibility index (Phi) is 4.28. The molecule has 0 unspecified atom stereocenters. The molecule has 0 saturated heterocycles. The van der Waals surface area contributed by atoms with Gasteiger partial charge in [0.25, 0.3) is 5.91 Å². The highest BCUT2D eigenvalue weighted by atomic mass is 32.2. The maximum absolute atomic E-state index is 13.7. The largest absolute Gasteiger partial charge is 0.448 e. The second kappa shape index (κ2) is 6.37. The molecular formula is C14H14FN5O2S. The second-order valence-electron chi connectivity index (χ2n) is 4.86. The van der Waals surface area contributed by atoms with Crippen molar-refractivity contribution < 1.29 is 13.6 Å². The SMILES string of the molecule is Cc1c(C(=O)NCCSc2nnnn2C)oc2c(F)cccc12. The quantitative estimate of drug-likeness (QED) is 0.566. The van der Waals surface area contributed by atoms with Crippen LogP contribution in [0, 0.1) is 12.7 Å². The van der Waals surface area contributed by atoms with Gasteiger partial charge < -0.3 is 9.73 Å². The third-order valence-corrected chi connectivity index (χ3v) is 4.33. The smallest absolute Gasteiger partial charge is 0.287 e. The van der Waals surface area contributed by atoms with Crippen LogP contribution in [-0.4, -0.2) is 38.4 Å². The number of para-hydroxylation sites is 1. The molecule has 1 N–H and O–H groups in total. The molecule has 0 spiro atoms. The van der Waals surface area contributed by atoms with E-state index in [9.17, 15) is 9.18 Å². The number of carbonyl (C=O) groups is 1. The molecule has 1 amide bonds. The number of hydrogen-bond donors (Lipinski definition) is 1. The van der Waals surface area contributed by atoms with Gasteiger partial charge >= 0.3 is 0 Å². The summed E-state index contributed by atoms with van der Waals surface area (Å²) in [6.45, 7) is 2.15. The van der Waals surface area contributed by atoms with Crippen LogP contribution in [0.25, 0.3) is 11.0 Å². The lowest BCUT2D eigenvalue weighted by molar-refractivity contribution is 0.0929. The molecular weight excluding hydrogens is 321 g/mol. The molecule has 9 heteroatoms. The van der Waals surface area contributed by atoms with Crippen LogP contribution >= 0.6 is 11.8 Å². The van der Waals surface area contributed by atoms with Crippen molar-refractivity contribution in [3.05, 3.63) is 35.3 Å². The highest BCUT2D eigenvalue weighted by Crippen LogP contribution is 2.27. The van der Waals surface area contributed by atoms with E-state index < -0.39 is 5.82 Å². The molecule has 0 aliphatic rings. The number of nitrogens with zero attached hydrogens (tertiary/aromatic N) is 4. The molecule has 2 aromatic heterocycles. The molecule has 7 nitrogen and oxygen atoms in total. The van der Waals surface area contributed by atoms with E-state index in [1.807, 2.05) is 0 Å². The van der Waals surface area contributed by atoms with Gasteiger partial charge in [-0.25, -0.2) is 9.07 Å². The molecule has 2 heterocycles. The fraction of sp³-hybridized carbons (Fsp3) is 0.286. The van der Waals surface area contributed by atoms with E-state index in [1.54, 1.807) is 30.8 Å². The van der Waals surface area contributed by atoms with Gasteiger partial charge in [-0.1, -0.05) is 23.9 Å². The lowest BCUT2D eigenvalue weighted by Gasteiger charge is -2.03. The first-order valence-electron chi connectivity index (χ1n) is 6.89. The first-order valence-corrected chi connectivity index (χ1v) is 7.87. The number of rotatable bonds is 5. The Balaban J connectivity index is 1.63. The lowest BCUT2D eigenvalue weighted by Crippen LogP contribution is -2.26. The summed E-state index contributed by atoms with van der Waals surface area (Å²) < 4.78 is 20.6. The minimum absolute atomic E-state index is 0.106. The highest BCUT2D eigenvalue weighted by molar-refractivity contribution is 7.99. The van der Waals surface area contributed by atoms with Crippen molar-refractivity contribution in [3.63, 3.8) is 0 Å². The summed E-state index contributed by atoms with van der Waals surface area (Å²) in [5.41, 5.74) is 0.733. The van der Waals surface area contributed by atoms with Gasteiger partial charge in [0.05, 0.1) is 0 Å². The molecule has 0 aliphatic heterocycles. The van der Waals surface area contributed by atoms with E-state index in [0.717, 1.165) is 0 Å². The van der Waals surface area contributed by atoms with Gasteiger partial charge in [0, 0.05) is 30.3 Å². The normalized spacial score (nSPS) is 11.1. The number of thioether (sulfide) groups is 1. The van der Waals surface area contributed by atoms with E-state index in [-0.39, 0.29) is 17.3 Å². The number of halogens is 1. The third-order valence-electron chi connectivity index (χ3n) is 3.32. The molecule has 1 aromatic carbocycles. The van der Waals surface area contributed by atoms with Crippen LogP contribution in [0.3, 0.4) is 0 Å². The van der Waals surface area contributed by atoms with Crippen molar-refractivity contribution in [3.8, 4) is 0 Å². The van der Waals surface area contributed by atoms with Gasteiger partial charge in [-0.15, -0.1) is 5.10 Å². The predicted molar refractivity (Wildman–Crippen MR) is 82.8 cm³/mol. The van der Waals surface area contributed by atoms with E-state index >= 15 is 0 Å². The van der Waals surface area contributed by atoms with Crippen LogP contribution in [0.5, 0.6) is 0 Å². The Bertz CT molecular complexity index is 860. The number of nitrogens with one attached hydrogen (secondary N) is 1. The zero-order chi connectivity index (χ0) is 16.4. The Morgan fingerprint density at radius 1 is 1.48 bits per heavy atom. The van der Waals surface area contributed by atoms with Crippen LogP contribution in [0.1, 0.15) is 16.1 Å². The van der Waals surface area contributed by atoms with Crippen LogP contribution < -0.4 is 5.32 Å². The zero-order valence-corrected chi connectivity index (χ0v) is 13.4. The standard InChI is InChI=1S/C14H14FN5O2S/c1-8-9-4-3-5-10(15)12(9)22-11(8)13(21)16-6-7-23-14-17-18-19-20(14)2/h3-5H,6-7H2,1-2H3,(H,16,21). The van der Waals surface area contributed by atoms with Crippen molar-refractivity contribution in [2.75, 3.05) is 12.3 Å². The van der Waals surface area contributed by atoms with Gasteiger partial charge in [-0.05, 0) is 23.4 Å².